The molecule has 2 heterocycles. The summed E-state index contributed by atoms with van der Waals surface area (Å²) >= 11 is 0. The fourth-order valence-corrected chi connectivity index (χ4v) is 11.0. The number of hydrogen-bond acceptors (Lipinski definition) is 1. The molecule has 0 bridgehead atoms. The highest BCUT2D eigenvalue weighted by molar-refractivity contribution is 6.14. The van der Waals surface area contributed by atoms with Crippen molar-refractivity contribution in [3.8, 4) is 73.1 Å². The summed E-state index contributed by atoms with van der Waals surface area (Å²) in [6.07, 6.45) is -4.79. The first-order valence-corrected chi connectivity index (χ1v) is 24.1. The molecule has 0 atom stereocenters. The second-order valence-electron chi connectivity index (χ2n) is 18.9. The van der Waals surface area contributed by atoms with Crippen LogP contribution in [0, 0.1) is 39.0 Å². The lowest BCUT2D eigenvalue weighted by molar-refractivity contribution is -0.137. The molecule has 346 valence electrons. The molecule has 0 N–H and O–H groups in total. The average Bonchev–Trinajstić information content (AvgIpc) is 3.89. The van der Waals surface area contributed by atoms with Crippen molar-refractivity contribution in [3.63, 3.8) is 0 Å². The zero-order chi connectivity index (χ0) is 49.4. The van der Waals surface area contributed by atoms with Gasteiger partial charge >= 0.3 is 6.18 Å². The molecular weight excluding hydrogens is 892 g/mol. The van der Waals surface area contributed by atoms with Crippen molar-refractivity contribution in [2.75, 3.05) is 0 Å². The first-order valence-electron chi connectivity index (χ1n) is 24.1. The number of nitrogens with zero attached hydrogens (tertiary/aromatic N) is 3. The fourth-order valence-electron chi connectivity index (χ4n) is 11.0. The van der Waals surface area contributed by atoms with Gasteiger partial charge in [-0.05, 0) is 154 Å². The largest absolute Gasteiger partial charge is 0.417 e. The highest BCUT2D eigenvalue weighted by Gasteiger charge is 2.36. The third-order valence-corrected chi connectivity index (χ3v) is 14.6. The minimum absolute atomic E-state index is 0.0274. The average molecular weight is 938 g/mol. The molecule has 0 saturated carbocycles. The van der Waals surface area contributed by atoms with Crippen LogP contribution < -0.4 is 0 Å². The number of halogens is 3. The second kappa shape index (κ2) is 17.2. The molecule has 12 aromatic rings. The van der Waals surface area contributed by atoms with Crippen molar-refractivity contribution < 1.29 is 13.2 Å². The van der Waals surface area contributed by atoms with E-state index in [0.717, 1.165) is 110 Å². The molecule has 6 heteroatoms. The van der Waals surface area contributed by atoms with Crippen molar-refractivity contribution in [2.45, 2.75) is 33.9 Å². The van der Waals surface area contributed by atoms with E-state index in [1.807, 2.05) is 48.5 Å². The predicted molar refractivity (Wildman–Crippen MR) is 291 cm³/mol. The van der Waals surface area contributed by atoms with Crippen LogP contribution in [0.4, 0.5) is 13.2 Å². The van der Waals surface area contributed by atoms with Gasteiger partial charge in [-0.25, -0.2) is 0 Å². The quantitative estimate of drug-likeness (QED) is 0.157. The van der Waals surface area contributed by atoms with Gasteiger partial charge in [0.15, 0.2) is 0 Å². The predicted octanol–water partition coefficient (Wildman–Crippen LogP) is 18.3. The highest BCUT2D eigenvalue weighted by atomic mass is 19.4. The molecule has 0 radical (unpaired) electrons. The van der Waals surface area contributed by atoms with Crippen LogP contribution in [0.5, 0.6) is 0 Å². The normalized spacial score (nSPS) is 11.8. The zero-order valence-electron chi connectivity index (χ0n) is 40.1. The lowest BCUT2D eigenvalue weighted by Crippen LogP contribution is -2.12. The van der Waals surface area contributed by atoms with Crippen LogP contribution in [0.25, 0.3) is 111 Å². The number of hydrogen-bond donors (Lipinski definition) is 0. The number of alkyl halides is 3. The minimum Gasteiger partial charge on any atom is -0.307 e. The van der Waals surface area contributed by atoms with E-state index >= 15 is 13.2 Å². The Hall–Kier alpha value is -8.92. The molecule has 0 spiro atoms. The van der Waals surface area contributed by atoms with E-state index < -0.39 is 11.7 Å². The molecule has 0 saturated heterocycles. The SMILES string of the molecule is Cc1ccccc1-c1ccc2c3ccc(-c4ccccc4C)cc3n(-c3cc(-c4cccc(C#N)c4)c(C(F)(F)F)cc3-n3c4cc(-c5ccccc5C)ccc4c4ccc(-c5ccccc5C)cc43)c2c1. The summed E-state index contributed by atoms with van der Waals surface area (Å²) in [5.41, 5.74) is 16.3. The maximum Gasteiger partial charge on any atom is 0.417 e. The summed E-state index contributed by atoms with van der Waals surface area (Å²) < 4.78 is 53.1. The van der Waals surface area contributed by atoms with Gasteiger partial charge < -0.3 is 9.13 Å². The Morgan fingerprint density at radius 1 is 0.347 bits per heavy atom. The van der Waals surface area contributed by atoms with E-state index in [1.165, 1.54) is 6.07 Å². The van der Waals surface area contributed by atoms with Crippen LogP contribution in [-0.2, 0) is 6.18 Å². The van der Waals surface area contributed by atoms with Gasteiger partial charge in [-0.1, -0.05) is 158 Å². The molecule has 72 heavy (non-hydrogen) atoms. The van der Waals surface area contributed by atoms with Crippen LogP contribution in [-0.4, -0.2) is 9.13 Å². The number of aryl methyl sites for hydroxylation is 4. The van der Waals surface area contributed by atoms with Gasteiger partial charge in [0.05, 0.1) is 50.6 Å². The summed E-state index contributed by atoms with van der Waals surface area (Å²) in [6.45, 7) is 8.35. The minimum atomic E-state index is -4.79. The molecule has 0 fully saturated rings. The van der Waals surface area contributed by atoms with Gasteiger partial charge in [0.25, 0.3) is 0 Å². The number of rotatable bonds is 7. The first-order chi connectivity index (χ1) is 34.9. The Morgan fingerprint density at radius 3 is 1.01 bits per heavy atom. The zero-order valence-corrected chi connectivity index (χ0v) is 40.1. The van der Waals surface area contributed by atoms with Crippen molar-refractivity contribution in [2.24, 2.45) is 0 Å². The monoisotopic (exact) mass is 937 g/mol. The molecule has 0 amide bonds. The van der Waals surface area contributed by atoms with E-state index in [0.29, 0.717) is 16.9 Å². The molecule has 0 aliphatic heterocycles. The Labute approximate surface area is 415 Å². The van der Waals surface area contributed by atoms with Gasteiger partial charge in [-0.15, -0.1) is 0 Å². The van der Waals surface area contributed by atoms with Crippen LogP contribution in [0.3, 0.4) is 0 Å². The lowest BCUT2D eigenvalue weighted by atomic mass is 9.95. The smallest absolute Gasteiger partial charge is 0.307 e. The third-order valence-electron chi connectivity index (χ3n) is 14.6. The summed E-state index contributed by atoms with van der Waals surface area (Å²) in [6, 6.07) is 70.3. The van der Waals surface area contributed by atoms with Gasteiger partial charge in [0.1, 0.15) is 0 Å². The molecule has 10 aromatic carbocycles. The van der Waals surface area contributed by atoms with Crippen LogP contribution >= 0.6 is 0 Å². The van der Waals surface area contributed by atoms with Crippen molar-refractivity contribution in [1.82, 2.24) is 9.13 Å². The number of nitriles is 1. The maximum absolute atomic E-state index is 16.3. The van der Waals surface area contributed by atoms with Gasteiger partial charge in [-0.3, -0.25) is 0 Å². The van der Waals surface area contributed by atoms with Gasteiger partial charge in [-0.2, -0.15) is 18.4 Å². The number of fused-ring (bicyclic) bond motifs is 6. The number of aromatic nitrogens is 2. The second-order valence-corrected chi connectivity index (χ2v) is 18.9. The molecule has 12 rings (SSSR count). The van der Waals surface area contributed by atoms with E-state index in [4.69, 9.17) is 0 Å². The summed E-state index contributed by atoms with van der Waals surface area (Å²) in [5.74, 6) is 0. The van der Waals surface area contributed by atoms with Crippen LogP contribution in [0.1, 0.15) is 33.4 Å². The Kier molecular flexibility index (Phi) is 10.6. The highest BCUT2D eigenvalue weighted by Crippen LogP contribution is 2.47. The Balaban J connectivity index is 1.29. The van der Waals surface area contributed by atoms with E-state index in [2.05, 4.69) is 164 Å². The fraction of sp³-hybridized carbons (Fsp3) is 0.0758. The molecule has 2 aromatic heterocycles. The van der Waals surface area contributed by atoms with Gasteiger partial charge in [0, 0.05) is 21.5 Å². The summed E-state index contributed by atoms with van der Waals surface area (Å²) in [7, 11) is 0. The third kappa shape index (κ3) is 7.36. The van der Waals surface area contributed by atoms with Crippen molar-refractivity contribution in [1.29, 1.82) is 5.26 Å². The van der Waals surface area contributed by atoms with Crippen LogP contribution in [0.2, 0.25) is 0 Å². The van der Waals surface area contributed by atoms with Gasteiger partial charge in [0.2, 0.25) is 0 Å². The Bertz CT molecular complexity index is 4010. The maximum atomic E-state index is 16.3. The molecule has 3 nitrogen and oxygen atoms in total. The topological polar surface area (TPSA) is 33.6 Å². The summed E-state index contributed by atoms with van der Waals surface area (Å²) in [5, 5.41) is 13.8. The summed E-state index contributed by atoms with van der Waals surface area (Å²) in [4.78, 5) is 0. The molecular formula is C66H46F3N3. The first kappa shape index (κ1) is 44.3. The van der Waals surface area contributed by atoms with Crippen LogP contribution in [0.15, 0.2) is 206 Å². The number of benzene rings is 10. The van der Waals surface area contributed by atoms with E-state index in [9.17, 15) is 5.26 Å². The Morgan fingerprint density at radius 2 is 0.681 bits per heavy atom. The molecule has 0 aliphatic rings. The van der Waals surface area contributed by atoms with E-state index in [-0.39, 0.29) is 11.1 Å². The van der Waals surface area contributed by atoms with Crippen molar-refractivity contribution in [3.05, 3.63) is 240 Å². The lowest BCUT2D eigenvalue weighted by Gasteiger charge is -2.23. The standard InChI is InChI=1S/C66H46F3N3/c1-40-14-5-9-20-50(40)46-24-28-54-55-29-25-47(51-21-10-6-15-41(51)2)34-61(55)71(60(54)33-46)64-37-58(45-19-13-18-44(32-45)39-70)59(66(67,68)69)38-65(64)72-62-35-48(52-22-11-7-16-42(52)3)26-30-56(62)57-31-27-49(36-63(57)72)53-23-12-8-17-43(53)4/h5-38H,1-4H3. The molecule has 0 unspecified atom stereocenters. The van der Waals surface area contributed by atoms with Crippen molar-refractivity contribution >= 4 is 43.6 Å². The molecule has 0 aliphatic carbocycles. The van der Waals surface area contributed by atoms with E-state index in [1.54, 1.807) is 30.3 Å².